The Bertz CT molecular complexity index is 1690. The van der Waals surface area contributed by atoms with Crippen molar-refractivity contribution in [1.29, 1.82) is 0 Å². The number of benzene rings is 2. The van der Waals surface area contributed by atoms with Crippen LogP contribution in [0.25, 0.3) is 0 Å². The van der Waals surface area contributed by atoms with Crippen LogP contribution in [0.5, 0.6) is 0 Å². The lowest BCUT2D eigenvalue weighted by Gasteiger charge is -2.29. The van der Waals surface area contributed by atoms with Crippen molar-refractivity contribution in [2.45, 2.75) is 37.9 Å². The molecule has 53 heavy (non-hydrogen) atoms. The van der Waals surface area contributed by atoms with Crippen LogP contribution in [0.2, 0.25) is 20.1 Å². The summed E-state index contributed by atoms with van der Waals surface area (Å²) in [6.45, 7) is 0.756. The second-order valence-electron chi connectivity index (χ2n) is 15.0. The quantitative estimate of drug-likeness (QED) is 0.152. The summed E-state index contributed by atoms with van der Waals surface area (Å²) in [7, 11) is 11.3. The number of ether oxygens (including phenoxy) is 1. The van der Waals surface area contributed by atoms with E-state index in [9.17, 15) is 39.0 Å². The van der Waals surface area contributed by atoms with E-state index in [0.29, 0.717) is 61.1 Å². The monoisotopic (exact) mass is 820 g/mol. The van der Waals surface area contributed by atoms with Crippen LogP contribution in [-0.4, -0.2) is 122 Å². The number of rotatable bonds is 15. The number of carbonyl (C=O) groups is 6. The first-order valence-electron chi connectivity index (χ1n) is 16.4. The van der Waals surface area contributed by atoms with Crippen molar-refractivity contribution in [3.8, 4) is 0 Å². The molecule has 2 aliphatic rings. The number of hydrogen-bond acceptors (Lipinski definition) is 10. The normalized spacial score (nSPS) is 19.9. The van der Waals surface area contributed by atoms with Gasteiger partial charge in [-0.05, 0) is 49.2 Å². The number of aliphatic hydroxyl groups excluding tert-OH is 1. The fourth-order valence-corrected chi connectivity index (χ4v) is 5.91. The highest BCUT2D eigenvalue weighted by molar-refractivity contribution is 6.42. The van der Waals surface area contributed by atoms with Gasteiger partial charge in [0.1, 0.15) is 19.2 Å². The molecule has 0 radical (unpaired) electrons. The zero-order valence-electron chi connectivity index (χ0n) is 30.1. The van der Waals surface area contributed by atoms with Gasteiger partial charge in [0.05, 0.1) is 74.2 Å². The summed E-state index contributed by atoms with van der Waals surface area (Å²) in [4.78, 5) is 68.1. The van der Waals surface area contributed by atoms with E-state index in [4.69, 9.17) is 61.4 Å². The molecule has 0 heterocycles. The van der Waals surface area contributed by atoms with E-state index < -0.39 is 59.8 Å². The van der Waals surface area contributed by atoms with Crippen molar-refractivity contribution >= 4 is 81.8 Å². The molecule has 17 heteroatoms. The largest absolute Gasteiger partial charge is 0.550 e. The highest BCUT2D eigenvalue weighted by Crippen LogP contribution is 2.43. The van der Waals surface area contributed by atoms with Gasteiger partial charge in [-0.15, -0.1) is 0 Å². The molecule has 0 aliphatic heterocycles. The molecule has 292 valence electrons. The van der Waals surface area contributed by atoms with Gasteiger partial charge in [0.25, 0.3) is 0 Å². The number of hydrogen-bond donors (Lipinski definition) is 2. The number of esters is 1. The highest BCUT2D eigenvalue weighted by atomic mass is 35.5. The molecule has 6 atom stereocenters. The predicted molar refractivity (Wildman–Crippen MR) is 193 cm³/mol. The molecule has 1 unspecified atom stereocenters. The minimum atomic E-state index is -1.28. The van der Waals surface area contributed by atoms with E-state index in [1.54, 1.807) is 12.1 Å². The van der Waals surface area contributed by atoms with Crippen LogP contribution >= 0.6 is 46.4 Å². The molecule has 0 amide bonds. The minimum absolute atomic E-state index is 0.175. The van der Waals surface area contributed by atoms with Crippen molar-refractivity contribution in [2.24, 2.45) is 23.7 Å². The number of quaternary nitrogens is 2. The molecule has 2 saturated carbocycles. The Morgan fingerprint density at radius 3 is 1.45 bits per heavy atom. The zero-order valence-corrected chi connectivity index (χ0v) is 33.2. The Hall–Kier alpha value is -3.30. The van der Waals surface area contributed by atoms with Crippen LogP contribution < -0.4 is 10.2 Å². The first-order chi connectivity index (χ1) is 24.3. The van der Waals surface area contributed by atoms with Gasteiger partial charge < -0.3 is 43.7 Å². The fraction of sp³-hybridized carbons (Fsp3) is 0.500. The summed E-state index contributed by atoms with van der Waals surface area (Å²) in [5.74, 6) is -6.32. The second kappa shape index (κ2) is 19.3. The van der Waals surface area contributed by atoms with Gasteiger partial charge in [-0.1, -0.05) is 46.4 Å². The van der Waals surface area contributed by atoms with Crippen LogP contribution in [0.4, 0.5) is 0 Å². The smallest absolute Gasteiger partial charge is 0.310 e. The van der Waals surface area contributed by atoms with Crippen molar-refractivity contribution in [2.75, 3.05) is 55.4 Å². The number of likely N-dealkylation sites (N-methyl/N-ethyl adjacent to an activating group) is 2. The molecule has 0 bridgehead atoms. The topological polar surface area (TPSA) is 198 Å². The predicted octanol–water partition coefficient (Wildman–Crippen LogP) is 2.66. The van der Waals surface area contributed by atoms with Gasteiger partial charge in [0, 0.05) is 47.7 Å². The van der Waals surface area contributed by atoms with Gasteiger partial charge in [-0.2, -0.15) is 0 Å². The first kappa shape index (κ1) is 45.9. The molecule has 2 N–H and O–H groups in total. The van der Waals surface area contributed by atoms with Gasteiger partial charge in [0.15, 0.2) is 17.7 Å². The number of aliphatic hydroxyl groups is 1. The van der Waals surface area contributed by atoms with Gasteiger partial charge in [0.2, 0.25) is 0 Å². The average molecular weight is 823 g/mol. The lowest BCUT2D eigenvalue weighted by molar-refractivity contribution is -0.873. The van der Waals surface area contributed by atoms with E-state index in [-0.39, 0.29) is 29.4 Å². The Morgan fingerprint density at radius 1 is 0.679 bits per heavy atom. The summed E-state index contributed by atoms with van der Waals surface area (Å²) in [6, 6.07) is 9.15. The summed E-state index contributed by atoms with van der Waals surface area (Å²) < 4.78 is 6.33. The molecule has 13 nitrogen and oxygen atoms in total. The van der Waals surface area contributed by atoms with Crippen molar-refractivity contribution in [3.05, 3.63) is 67.6 Å². The fourth-order valence-electron chi connectivity index (χ4n) is 5.31. The maximum Gasteiger partial charge on any atom is 0.310 e. The summed E-state index contributed by atoms with van der Waals surface area (Å²) in [5.41, 5.74) is 0.806. The highest BCUT2D eigenvalue weighted by Gasteiger charge is 2.50. The molecule has 2 fully saturated rings. The first-order valence-corrected chi connectivity index (χ1v) is 17.9. The maximum atomic E-state index is 12.5. The maximum absolute atomic E-state index is 12.5. The van der Waals surface area contributed by atoms with Gasteiger partial charge in [-0.25, -0.2) is 0 Å². The van der Waals surface area contributed by atoms with E-state index in [2.05, 4.69) is 0 Å². The number of carboxylic acid groups (broad SMARTS) is 3. The summed E-state index contributed by atoms with van der Waals surface area (Å²) in [6.07, 6.45) is -1.47. The van der Waals surface area contributed by atoms with Crippen molar-refractivity contribution in [1.82, 2.24) is 0 Å². The molecule has 0 aromatic heterocycles. The van der Waals surface area contributed by atoms with Crippen LogP contribution in [0, 0.1) is 23.7 Å². The lowest BCUT2D eigenvalue weighted by atomic mass is 10.1. The van der Waals surface area contributed by atoms with E-state index in [1.807, 2.05) is 42.3 Å². The Balaban J connectivity index is 0.000000306. The molecule has 0 spiro atoms. The minimum Gasteiger partial charge on any atom is -0.550 e. The number of halogens is 4. The average Bonchev–Trinajstić information content (AvgIpc) is 3.91. The van der Waals surface area contributed by atoms with Crippen molar-refractivity contribution in [3.63, 3.8) is 0 Å². The lowest BCUT2D eigenvalue weighted by Crippen LogP contribution is -2.45. The third kappa shape index (κ3) is 16.3. The molecule has 2 aromatic carbocycles. The van der Waals surface area contributed by atoms with E-state index in [1.165, 1.54) is 24.3 Å². The van der Waals surface area contributed by atoms with Crippen LogP contribution in [0.3, 0.4) is 0 Å². The Labute approximate surface area is 328 Å². The van der Waals surface area contributed by atoms with Crippen LogP contribution in [0.1, 0.15) is 46.4 Å². The van der Waals surface area contributed by atoms with Crippen molar-refractivity contribution < 1.29 is 62.9 Å². The molecule has 0 saturated heterocycles. The zero-order chi connectivity index (χ0) is 40.6. The molecule has 2 aliphatic carbocycles. The third-order valence-corrected chi connectivity index (χ3v) is 9.35. The number of carbonyl (C=O) groups excluding carboxylic acids is 5. The van der Waals surface area contributed by atoms with Crippen LogP contribution in [-0.2, 0) is 23.9 Å². The number of Topliss-reactive ketones (excluding diaryl/α,β-unsaturated/α-hetero) is 2. The number of carboxylic acids is 3. The standard InChI is InChI=1S/C18H21Cl2NO5.C11H8Cl2O3.C7H15NO3/c1-21(2,3)9-11(7-16(22)23)26-18(25)13-8-12(13)17(24)10-4-5-14(19)15(20)6-10;12-8-2-1-5(3-9(8)13)10(14)6-4-7(6)11(15)16;1-8(2,3)5-6(9)4-7(10)11/h4-6,11-13H,7-9H2,1-3H3;1-3,6-7H,4H2,(H,15,16);6,9H,4-5H2,1-3H3/t11?,12-,13-;6-,7-;6-/m001/s1. The molecule has 2 aromatic rings. The van der Waals surface area contributed by atoms with Crippen LogP contribution in [0.15, 0.2) is 36.4 Å². The van der Waals surface area contributed by atoms with Gasteiger partial charge in [-0.3, -0.25) is 19.2 Å². The Kier molecular flexibility index (Phi) is 16.7. The summed E-state index contributed by atoms with van der Waals surface area (Å²) >= 11 is 23.3. The Morgan fingerprint density at radius 2 is 1.09 bits per heavy atom. The second-order valence-corrected chi connectivity index (χ2v) is 16.7. The SMILES string of the molecule is C[N+](C)(C)CC(CC(=O)[O-])OC(=O)[C@H]1C[C@@H]1C(=O)c1ccc(Cl)c(Cl)c1.C[N+](C)(C)C[C@H](O)CC(=O)[O-].O=C(O)[C@H]1C[C@@H]1C(=O)c1ccc(Cl)c(Cl)c1. The van der Waals surface area contributed by atoms with Gasteiger partial charge >= 0.3 is 11.9 Å². The van der Waals surface area contributed by atoms with E-state index >= 15 is 0 Å². The molecular formula is C36H44Cl4N2O11. The number of ketones is 2. The third-order valence-electron chi connectivity index (χ3n) is 7.87. The molecular weight excluding hydrogens is 778 g/mol. The number of nitrogens with zero attached hydrogens (tertiary/aromatic N) is 2. The summed E-state index contributed by atoms with van der Waals surface area (Å²) in [5, 5.41) is 40.1. The number of aliphatic carboxylic acids is 3. The van der Waals surface area contributed by atoms with E-state index in [0.717, 1.165) is 0 Å². The molecule has 4 rings (SSSR count).